The summed E-state index contributed by atoms with van der Waals surface area (Å²) in [6, 6.07) is 18.1. The molecule has 0 saturated heterocycles. The fourth-order valence-corrected chi connectivity index (χ4v) is 3.24. The molecule has 3 rings (SSSR count). The van der Waals surface area contributed by atoms with Gasteiger partial charge in [-0.3, -0.25) is 0 Å². The topological polar surface area (TPSA) is 36.9 Å². The van der Waals surface area contributed by atoms with Crippen molar-refractivity contribution in [2.45, 2.75) is 6.92 Å². The molecule has 0 N–H and O–H groups in total. The SMILES string of the molecule is COc1cc(/C=C/c2ccc(C)c(OC)c2)cc(/C=C/c2ccc(OC)c(OC)c2)c1. The van der Waals surface area contributed by atoms with Gasteiger partial charge in [0.25, 0.3) is 0 Å². The summed E-state index contributed by atoms with van der Waals surface area (Å²) in [4.78, 5) is 0. The highest BCUT2D eigenvalue weighted by atomic mass is 16.5. The molecule has 160 valence electrons. The summed E-state index contributed by atoms with van der Waals surface area (Å²) < 4.78 is 21.6. The Labute approximate surface area is 184 Å². The van der Waals surface area contributed by atoms with Gasteiger partial charge in [0, 0.05) is 0 Å². The van der Waals surface area contributed by atoms with Crippen molar-refractivity contribution in [1.29, 1.82) is 0 Å². The maximum atomic E-state index is 5.49. The third kappa shape index (κ3) is 5.70. The molecular formula is C27H28O4. The minimum absolute atomic E-state index is 0.701. The number of hydrogen-bond donors (Lipinski definition) is 0. The van der Waals surface area contributed by atoms with Gasteiger partial charge in [-0.1, -0.05) is 42.5 Å². The predicted octanol–water partition coefficient (Wildman–Crippen LogP) is 6.37. The van der Waals surface area contributed by atoms with Gasteiger partial charge in [-0.2, -0.15) is 0 Å². The summed E-state index contributed by atoms with van der Waals surface area (Å²) in [5.41, 5.74) is 5.29. The van der Waals surface area contributed by atoms with E-state index in [1.165, 1.54) is 0 Å². The van der Waals surface area contributed by atoms with Crippen LogP contribution in [0.2, 0.25) is 0 Å². The molecule has 0 heterocycles. The van der Waals surface area contributed by atoms with E-state index in [1.807, 2.05) is 49.4 Å². The molecule has 0 fully saturated rings. The molecule has 0 atom stereocenters. The van der Waals surface area contributed by atoms with Crippen LogP contribution in [-0.2, 0) is 0 Å². The van der Waals surface area contributed by atoms with Crippen molar-refractivity contribution >= 4 is 24.3 Å². The molecule has 4 nitrogen and oxygen atoms in total. The molecule has 0 amide bonds. The number of hydrogen-bond acceptors (Lipinski definition) is 4. The predicted molar refractivity (Wildman–Crippen MR) is 128 cm³/mol. The Morgan fingerprint density at radius 3 is 1.55 bits per heavy atom. The molecule has 0 aliphatic carbocycles. The van der Waals surface area contributed by atoms with E-state index in [0.717, 1.165) is 39.3 Å². The van der Waals surface area contributed by atoms with Gasteiger partial charge in [0.15, 0.2) is 11.5 Å². The number of ether oxygens (including phenoxy) is 4. The summed E-state index contributed by atoms with van der Waals surface area (Å²) in [5.74, 6) is 3.09. The van der Waals surface area contributed by atoms with Crippen molar-refractivity contribution in [3.8, 4) is 23.0 Å². The van der Waals surface area contributed by atoms with Crippen molar-refractivity contribution in [2.75, 3.05) is 28.4 Å². The Hall–Kier alpha value is -3.66. The van der Waals surface area contributed by atoms with E-state index in [-0.39, 0.29) is 0 Å². The Morgan fingerprint density at radius 2 is 1.00 bits per heavy atom. The number of benzene rings is 3. The van der Waals surface area contributed by atoms with Crippen molar-refractivity contribution < 1.29 is 18.9 Å². The molecule has 0 spiro atoms. The fourth-order valence-electron chi connectivity index (χ4n) is 3.24. The molecule has 0 radical (unpaired) electrons. The molecule has 3 aromatic rings. The lowest BCUT2D eigenvalue weighted by Gasteiger charge is -2.08. The standard InChI is InChI=1S/C27H28O4/c1-19-6-7-20(17-26(19)30-4)8-10-22-14-23(16-24(15-22)28-2)11-9-21-12-13-25(29-3)27(18-21)31-5/h6-18H,1-5H3/b10-8+,11-9+. The zero-order valence-corrected chi connectivity index (χ0v) is 18.6. The first-order valence-electron chi connectivity index (χ1n) is 9.98. The number of aryl methyl sites for hydroxylation is 1. The highest BCUT2D eigenvalue weighted by Gasteiger charge is 2.03. The van der Waals surface area contributed by atoms with Crippen LogP contribution in [0.15, 0.2) is 54.6 Å². The molecule has 0 bridgehead atoms. The Bertz CT molecular complexity index is 1100. The lowest BCUT2D eigenvalue weighted by molar-refractivity contribution is 0.355. The Kier molecular flexibility index (Phi) is 7.39. The first-order valence-corrected chi connectivity index (χ1v) is 9.98. The molecule has 31 heavy (non-hydrogen) atoms. The van der Waals surface area contributed by atoms with Gasteiger partial charge < -0.3 is 18.9 Å². The van der Waals surface area contributed by atoms with E-state index in [9.17, 15) is 0 Å². The van der Waals surface area contributed by atoms with Gasteiger partial charge in [-0.05, 0) is 71.1 Å². The second-order valence-electron chi connectivity index (χ2n) is 7.05. The van der Waals surface area contributed by atoms with Gasteiger partial charge in [0.2, 0.25) is 0 Å². The Balaban J connectivity index is 1.86. The molecule has 4 heteroatoms. The molecule has 0 unspecified atom stereocenters. The highest BCUT2D eigenvalue weighted by molar-refractivity contribution is 5.76. The molecular weight excluding hydrogens is 388 g/mol. The molecule has 0 aromatic heterocycles. The van der Waals surface area contributed by atoms with Crippen LogP contribution in [0.5, 0.6) is 23.0 Å². The van der Waals surface area contributed by atoms with Gasteiger partial charge >= 0.3 is 0 Å². The maximum absolute atomic E-state index is 5.49. The zero-order valence-electron chi connectivity index (χ0n) is 18.6. The fraction of sp³-hybridized carbons (Fsp3) is 0.185. The van der Waals surface area contributed by atoms with E-state index in [2.05, 4.69) is 36.4 Å². The number of rotatable bonds is 8. The van der Waals surface area contributed by atoms with Crippen LogP contribution in [-0.4, -0.2) is 28.4 Å². The average Bonchev–Trinajstić information content (AvgIpc) is 2.81. The lowest BCUT2D eigenvalue weighted by Crippen LogP contribution is -1.90. The third-order valence-corrected chi connectivity index (χ3v) is 4.96. The van der Waals surface area contributed by atoms with Crippen LogP contribution in [0.3, 0.4) is 0 Å². The van der Waals surface area contributed by atoms with Crippen molar-refractivity contribution in [3.05, 3.63) is 82.4 Å². The molecule has 3 aromatic carbocycles. The van der Waals surface area contributed by atoms with E-state index < -0.39 is 0 Å². The summed E-state index contributed by atoms with van der Waals surface area (Å²) in [5, 5.41) is 0. The highest BCUT2D eigenvalue weighted by Crippen LogP contribution is 2.29. The quantitative estimate of drug-likeness (QED) is 0.400. The van der Waals surface area contributed by atoms with Crippen LogP contribution < -0.4 is 18.9 Å². The summed E-state index contributed by atoms with van der Waals surface area (Å²) in [6.07, 6.45) is 8.23. The van der Waals surface area contributed by atoms with Crippen LogP contribution in [0, 0.1) is 6.92 Å². The van der Waals surface area contributed by atoms with E-state index in [4.69, 9.17) is 18.9 Å². The van der Waals surface area contributed by atoms with E-state index in [0.29, 0.717) is 11.5 Å². The largest absolute Gasteiger partial charge is 0.497 e. The zero-order chi connectivity index (χ0) is 22.2. The van der Waals surface area contributed by atoms with Crippen molar-refractivity contribution in [1.82, 2.24) is 0 Å². The average molecular weight is 417 g/mol. The molecule has 0 aliphatic rings. The second-order valence-corrected chi connectivity index (χ2v) is 7.05. The number of methoxy groups -OCH3 is 4. The minimum atomic E-state index is 0.701. The second kappa shape index (κ2) is 10.4. The summed E-state index contributed by atoms with van der Waals surface area (Å²) in [6.45, 7) is 2.03. The van der Waals surface area contributed by atoms with Crippen LogP contribution in [0.4, 0.5) is 0 Å². The van der Waals surface area contributed by atoms with Crippen LogP contribution >= 0.6 is 0 Å². The third-order valence-electron chi connectivity index (χ3n) is 4.96. The van der Waals surface area contributed by atoms with E-state index in [1.54, 1.807) is 28.4 Å². The van der Waals surface area contributed by atoms with Crippen molar-refractivity contribution in [2.24, 2.45) is 0 Å². The smallest absolute Gasteiger partial charge is 0.161 e. The molecule has 0 saturated carbocycles. The summed E-state index contributed by atoms with van der Waals surface area (Å²) >= 11 is 0. The maximum Gasteiger partial charge on any atom is 0.161 e. The van der Waals surface area contributed by atoms with Gasteiger partial charge in [0.05, 0.1) is 28.4 Å². The molecule has 0 aliphatic heterocycles. The van der Waals surface area contributed by atoms with Crippen LogP contribution in [0.25, 0.3) is 24.3 Å². The minimum Gasteiger partial charge on any atom is -0.497 e. The van der Waals surface area contributed by atoms with Gasteiger partial charge in [0.1, 0.15) is 11.5 Å². The van der Waals surface area contributed by atoms with Crippen LogP contribution in [0.1, 0.15) is 27.8 Å². The monoisotopic (exact) mass is 416 g/mol. The van der Waals surface area contributed by atoms with Gasteiger partial charge in [-0.15, -0.1) is 0 Å². The van der Waals surface area contributed by atoms with Gasteiger partial charge in [-0.25, -0.2) is 0 Å². The summed E-state index contributed by atoms with van der Waals surface area (Å²) in [7, 11) is 6.63. The first-order chi connectivity index (χ1) is 15.1. The first kappa shape index (κ1) is 22.0. The lowest BCUT2D eigenvalue weighted by atomic mass is 10.1. The Morgan fingerprint density at radius 1 is 0.484 bits per heavy atom. The van der Waals surface area contributed by atoms with Crippen molar-refractivity contribution in [3.63, 3.8) is 0 Å². The normalized spacial score (nSPS) is 11.1. The van der Waals surface area contributed by atoms with E-state index >= 15 is 0 Å².